The molecule has 0 aromatic heterocycles. The summed E-state index contributed by atoms with van der Waals surface area (Å²) in [6, 6.07) is 9.78. The second-order valence-electron chi connectivity index (χ2n) is 4.35. The van der Waals surface area contributed by atoms with Gasteiger partial charge in [0.15, 0.2) is 0 Å². The Morgan fingerprint density at radius 3 is 2.50 bits per heavy atom. The van der Waals surface area contributed by atoms with E-state index in [1.165, 1.54) is 36.4 Å². The number of halogens is 3. The van der Waals surface area contributed by atoms with E-state index in [2.05, 4.69) is 15.9 Å². The normalized spacial score (nSPS) is 12.2. The van der Waals surface area contributed by atoms with Gasteiger partial charge in [-0.05, 0) is 30.2 Å². The third-order valence-corrected chi connectivity index (χ3v) is 3.76. The lowest BCUT2D eigenvalue weighted by Crippen LogP contribution is -2.16. The van der Waals surface area contributed by atoms with Crippen molar-refractivity contribution in [3.8, 4) is 0 Å². The Hall–Kier alpha value is -1.75. The summed E-state index contributed by atoms with van der Waals surface area (Å²) in [5.74, 6) is -3.11. The third kappa shape index (κ3) is 3.22. The maximum Gasteiger partial charge on any atom is 0.311 e. The van der Waals surface area contributed by atoms with Gasteiger partial charge in [0.25, 0.3) is 0 Å². The van der Waals surface area contributed by atoms with Crippen molar-refractivity contribution >= 4 is 21.9 Å². The number of benzene rings is 2. The summed E-state index contributed by atoms with van der Waals surface area (Å²) in [6.07, 6.45) is 0.0805. The molecule has 1 N–H and O–H groups in total. The molecule has 0 saturated heterocycles. The van der Waals surface area contributed by atoms with Gasteiger partial charge in [-0.3, -0.25) is 4.79 Å². The van der Waals surface area contributed by atoms with E-state index >= 15 is 0 Å². The van der Waals surface area contributed by atoms with E-state index in [1.54, 1.807) is 6.07 Å². The van der Waals surface area contributed by atoms with Crippen molar-refractivity contribution < 1.29 is 18.7 Å². The minimum atomic E-state index is -1.12. The van der Waals surface area contributed by atoms with E-state index in [-0.39, 0.29) is 12.0 Å². The lowest BCUT2D eigenvalue weighted by Gasteiger charge is -2.14. The highest BCUT2D eigenvalue weighted by atomic mass is 79.9. The Bertz CT molecular complexity index is 644. The number of carboxylic acids is 1. The molecule has 0 bridgehead atoms. The second kappa shape index (κ2) is 6.13. The molecular weight excluding hydrogens is 330 g/mol. The maximum absolute atomic E-state index is 13.7. The second-order valence-corrected chi connectivity index (χ2v) is 5.21. The average Bonchev–Trinajstić information content (AvgIpc) is 2.39. The smallest absolute Gasteiger partial charge is 0.311 e. The largest absolute Gasteiger partial charge is 0.481 e. The molecule has 0 saturated carbocycles. The Kier molecular flexibility index (Phi) is 4.49. The van der Waals surface area contributed by atoms with Crippen molar-refractivity contribution in [3.63, 3.8) is 0 Å². The van der Waals surface area contributed by atoms with Gasteiger partial charge in [0.1, 0.15) is 11.6 Å². The zero-order valence-electron chi connectivity index (χ0n) is 10.3. The molecule has 0 radical (unpaired) electrons. The van der Waals surface area contributed by atoms with Crippen LogP contribution in [0.1, 0.15) is 17.0 Å². The fraction of sp³-hybridized carbons (Fsp3) is 0.133. The predicted molar refractivity (Wildman–Crippen MR) is 74.6 cm³/mol. The molecule has 2 aromatic rings. The Morgan fingerprint density at radius 2 is 1.90 bits per heavy atom. The molecular formula is C15H11BrF2O2. The van der Waals surface area contributed by atoms with Crippen LogP contribution in [-0.4, -0.2) is 11.1 Å². The van der Waals surface area contributed by atoms with Crippen LogP contribution in [0.5, 0.6) is 0 Å². The topological polar surface area (TPSA) is 37.3 Å². The van der Waals surface area contributed by atoms with Crippen LogP contribution in [0.4, 0.5) is 8.78 Å². The third-order valence-electron chi connectivity index (χ3n) is 3.02. The van der Waals surface area contributed by atoms with Crippen LogP contribution in [0.2, 0.25) is 0 Å². The number of hydrogen-bond acceptors (Lipinski definition) is 1. The predicted octanol–water partition coefficient (Wildman–Crippen LogP) is 4.14. The van der Waals surface area contributed by atoms with Crippen LogP contribution in [-0.2, 0) is 11.2 Å². The van der Waals surface area contributed by atoms with Gasteiger partial charge in [0.05, 0.1) is 5.92 Å². The van der Waals surface area contributed by atoms with Crippen molar-refractivity contribution in [2.45, 2.75) is 12.3 Å². The van der Waals surface area contributed by atoms with Gasteiger partial charge in [0, 0.05) is 10.0 Å². The molecule has 0 aliphatic rings. The zero-order chi connectivity index (χ0) is 14.7. The first-order valence-electron chi connectivity index (χ1n) is 5.90. The first-order chi connectivity index (χ1) is 9.49. The lowest BCUT2D eigenvalue weighted by molar-refractivity contribution is -0.138. The molecule has 20 heavy (non-hydrogen) atoms. The molecule has 2 rings (SSSR count). The van der Waals surface area contributed by atoms with Crippen LogP contribution in [0, 0.1) is 11.6 Å². The van der Waals surface area contributed by atoms with Crippen molar-refractivity contribution in [2.75, 3.05) is 0 Å². The maximum atomic E-state index is 13.7. The highest BCUT2D eigenvalue weighted by Gasteiger charge is 2.24. The van der Waals surface area contributed by atoms with Gasteiger partial charge in [-0.2, -0.15) is 0 Å². The molecule has 5 heteroatoms. The van der Waals surface area contributed by atoms with E-state index < -0.39 is 23.5 Å². The average molecular weight is 341 g/mol. The van der Waals surface area contributed by atoms with Gasteiger partial charge in [-0.15, -0.1) is 0 Å². The standard InChI is InChI=1S/C15H11BrF2O2/c16-13-8-10(17)6-5-9(13)7-12(15(19)20)11-3-1-2-4-14(11)18/h1-6,8,12H,7H2,(H,19,20). The first kappa shape index (κ1) is 14.7. The molecule has 2 aromatic carbocycles. The van der Waals surface area contributed by atoms with Crippen molar-refractivity contribution in [1.29, 1.82) is 0 Å². The molecule has 0 amide bonds. The quantitative estimate of drug-likeness (QED) is 0.908. The molecule has 0 fully saturated rings. The number of hydrogen-bond donors (Lipinski definition) is 1. The van der Waals surface area contributed by atoms with Gasteiger partial charge in [0.2, 0.25) is 0 Å². The summed E-state index contributed by atoms with van der Waals surface area (Å²) in [5.41, 5.74) is 0.735. The monoisotopic (exact) mass is 340 g/mol. The highest BCUT2D eigenvalue weighted by Crippen LogP contribution is 2.27. The summed E-state index contributed by atoms with van der Waals surface area (Å²) in [7, 11) is 0. The fourth-order valence-corrected chi connectivity index (χ4v) is 2.51. The Balaban J connectivity index is 2.36. The van der Waals surface area contributed by atoms with Crippen LogP contribution < -0.4 is 0 Å². The van der Waals surface area contributed by atoms with Gasteiger partial charge in [-0.25, -0.2) is 8.78 Å². The Labute approximate surface area is 123 Å². The molecule has 1 unspecified atom stereocenters. The summed E-state index contributed by atoms with van der Waals surface area (Å²) in [4.78, 5) is 11.4. The minimum Gasteiger partial charge on any atom is -0.481 e. The lowest BCUT2D eigenvalue weighted by atomic mass is 9.91. The van der Waals surface area contributed by atoms with Crippen molar-refractivity contribution in [1.82, 2.24) is 0 Å². The van der Waals surface area contributed by atoms with Crippen LogP contribution in [0.15, 0.2) is 46.9 Å². The SMILES string of the molecule is O=C(O)C(Cc1ccc(F)cc1Br)c1ccccc1F. The molecule has 0 heterocycles. The van der Waals surface area contributed by atoms with Crippen molar-refractivity contribution in [2.24, 2.45) is 0 Å². The fourth-order valence-electron chi connectivity index (χ4n) is 2.00. The molecule has 104 valence electrons. The summed E-state index contributed by atoms with van der Waals surface area (Å²) >= 11 is 3.19. The first-order valence-corrected chi connectivity index (χ1v) is 6.69. The van der Waals surface area contributed by atoms with Gasteiger partial charge >= 0.3 is 5.97 Å². The van der Waals surface area contributed by atoms with Crippen LogP contribution in [0.3, 0.4) is 0 Å². The minimum absolute atomic E-state index is 0.0805. The molecule has 1 atom stereocenters. The van der Waals surface area contributed by atoms with E-state index in [1.807, 2.05) is 0 Å². The summed E-state index contributed by atoms with van der Waals surface area (Å²) in [6.45, 7) is 0. The Morgan fingerprint density at radius 1 is 1.20 bits per heavy atom. The van der Waals surface area contributed by atoms with E-state index in [9.17, 15) is 18.7 Å². The number of rotatable bonds is 4. The number of carbonyl (C=O) groups is 1. The molecule has 2 nitrogen and oxygen atoms in total. The van der Waals surface area contributed by atoms with Crippen LogP contribution >= 0.6 is 15.9 Å². The van der Waals surface area contributed by atoms with E-state index in [0.29, 0.717) is 10.0 Å². The van der Waals surface area contributed by atoms with Crippen molar-refractivity contribution in [3.05, 3.63) is 69.7 Å². The van der Waals surface area contributed by atoms with Gasteiger partial charge in [-0.1, -0.05) is 40.2 Å². The number of aliphatic carboxylic acids is 1. The number of carboxylic acid groups (broad SMARTS) is 1. The van der Waals surface area contributed by atoms with Crippen LogP contribution in [0.25, 0.3) is 0 Å². The molecule has 0 aliphatic heterocycles. The highest BCUT2D eigenvalue weighted by molar-refractivity contribution is 9.10. The summed E-state index contributed by atoms with van der Waals surface area (Å²) < 4.78 is 27.2. The molecule has 0 spiro atoms. The van der Waals surface area contributed by atoms with Gasteiger partial charge < -0.3 is 5.11 Å². The molecule has 0 aliphatic carbocycles. The van der Waals surface area contributed by atoms with E-state index in [4.69, 9.17) is 0 Å². The summed E-state index contributed by atoms with van der Waals surface area (Å²) in [5, 5.41) is 9.30. The zero-order valence-corrected chi connectivity index (χ0v) is 11.9. The van der Waals surface area contributed by atoms with E-state index in [0.717, 1.165) is 0 Å².